The Morgan fingerprint density at radius 1 is 1.55 bits per heavy atom. The zero-order valence-corrected chi connectivity index (χ0v) is 5.81. The molecule has 0 radical (unpaired) electrons. The average molecular weight is 164 g/mol. The molecule has 0 atom stereocenters. The molecule has 6 heteroatoms. The van der Waals surface area contributed by atoms with Crippen LogP contribution in [-0.4, -0.2) is 42.2 Å². The maximum Gasteiger partial charge on any atom is 0.371 e. The van der Waals surface area contributed by atoms with Crippen LogP contribution in [0.5, 0.6) is 0 Å². The number of hydrogen-bond acceptors (Lipinski definition) is 5. The minimum atomic E-state index is -1.19. The summed E-state index contributed by atoms with van der Waals surface area (Å²) in [6.07, 6.45) is 0.111. The van der Waals surface area contributed by atoms with Crippen molar-refractivity contribution in [2.75, 3.05) is 13.7 Å². The number of aliphatic hydroxyl groups excluding tert-OH is 1. The number of ether oxygens (including phenoxy) is 1. The number of rotatable bonds is 2. The molecule has 0 aliphatic rings. The Kier molecular flexibility index (Phi) is 9.56. The first-order valence-electron chi connectivity index (χ1n) is 2.44. The van der Waals surface area contributed by atoms with E-state index in [1.165, 1.54) is 0 Å². The molecule has 0 unspecified atom stereocenters. The zero-order valence-electron chi connectivity index (χ0n) is 5.81. The third-order valence-corrected chi connectivity index (χ3v) is 0.433. The number of carboxylic acid groups (broad SMARTS) is 1. The molecular weight excluding hydrogens is 156 g/mol. The van der Waals surface area contributed by atoms with Gasteiger partial charge in [-0.25, -0.2) is 9.59 Å². The fourth-order valence-corrected chi connectivity index (χ4v) is 0.0481. The molecule has 0 spiro atoms. The Morgan fingerprint density at radius 2 is 1.91 bits per heavy atom. The van der Waals surface area contributed by atoms with Gasteiger partial charge in [0.25, 0.3) is 0 Å². The summed E-state index contributed by atoms with van der Waals surface area (Å²) in [5, 5.41) is 15.0. The van der Waals surface area contributed by atoms with E-state index in [1.54, 1.807) is 0 Å². The van der Waals surface area contributed by atoms with Gasteiger partial charge in [-0.1, -0.05) is 0 Å². The molecule has 0 saturated carbocycles. The van der Waals surface area contributed by atoms with E-state index < -0.39 is 18.5 Å². The number of esters is 1. The number of carbonyl (C=O) groups excluding carboxylic acids is 2. The Balaban J connectivity index is 0. The lowest BCUT2D eigenvalue weighted by Gasteiger charge is -1.79. The van der Waals surface area contributed by atoms with Crippen LogP contribution in [0.4, 0.5) is 0 Å². The third-order valence-electron chi connectivity index (χ3n) is 0.433. The van der Waals surface area contributed by atoms with Crippen molar-refractivity contribution in [3.05, 3.63) is 0 Å². The molecule has 0 saturated heterocycles. The topological polar surface area (TPSA) is 101 Å². The number of carbonyl (C=O) groups is 3. The molecule has 0 aromatic rings. The molecule has 64 valence electrons. The van der Waals surface area contributed by atoms with Gasteiger partial charge in [0.15, 0.2) is 0 Å². The van der Waals surface area contributed by atoms with E-state index in [4.69, 9.17) is 15.0 Å². The standard InChI is InChI=1S/C3H4O3.C2H4O3/c1-6-3(5)2-4;3-1-2(4)5/h2H,1H3;3H,1H2,(H,4,5). The van der Waals surface area contributed by atoms with Crippen molar-refractivity contribution in [3.63, 3.8) is 0 Å². The van der Waals surface area contributed by atoms with Crippen LogP contribution in [0.2, 0.25) is 0 Å². The Hall–Kier alpha value is -1.43. The van der Waals surface area contributed by atoms with Crippen LogP contribution in [0.1, 0.15) is 0 Å². The Morgan fingerprint density at radius 3 is 1.91 bits per heavy atom. The maximum absolute atomic E-state index is 9.59. The quantitative estimate of drug-likeness (QED) is 0.290. The summed E-state index contributed by atoms with van der Waals surface area (Å²) in [5.74, 6) is -2.03. The van der Waals surface area contributed by atoms with Crippen LogP contribution >= 0.6 is 0 Å². The van der Waals surface area contributed by atoms with Gasteiger partial charge in [-0.2, -0.15) is 0 Å². The number of aldehydes is 1. The molecule has 0 bridgehead atoms. The van der Waals surface area contributed by atoms with Crippen molar-refractivity contribution in [2.45, 2.75) is 0 Å². The normalized spacial score (nSPS) is 7.09. The average Bonchev–Trinajstić information content (AvgIpc) is 2.04. The molecule has 6 nitrogen and oxygen atoms in total. The van der Waals surface area contributed by atoms with E-state index in [1.807, 2.05) is 0 Å². The first kappa shape index (κ1) is 12.3. The zero-order chi connectivity index (χ0) is 9.28. The minimum Gasteiger partial charge on any atom is -0.480 e. The van der Waals surface area contributed by atoms with E-state index >= 15 is 0 Å². The lowest BCUT2D eigenvalue weighted by atomic mass is 10.8. The van der Waals surface area contributed by atoms with Crippen molar-refractivity contribution in [3.8, 4) is 0 Å². The van der Waals surface area contributed by atoms with E-state index in [9.17, 15) is 9.59 Å². The second-order valence-electron chi connectivity index (χ2n) is 1.19. The Bertz CT molecular complexity index is 140. The molecular formula is C5H8O6. The summed E-state index contributed by atoms with van der Waals surface area (Å²) in [7, 11) is 1.15. The maximum atomic E-state index is 9.59. The monoisotopic (exact) mass is 164 g/mol. The van der Waals surface area contributed by atoms with Crippen LogP contribution in [0.25, 0.3) is 0 Å². The first-order valence-corrected chi connectivity index (χ1v) is 2.44. The SMILES string of the molecule is COC(=O)C=O.O=C(O)CO. The third kappa shape index (κ3) is 17.7. The van der Waals surface area contributed by atoms with Crippen molar-refractivity contribution in [2.24, 2.45) is 0 Å². The second-order valence-corrected chi connectivity index (χ2v) is 1.19. The highest BCUT2D eigenvalue weighted by Crippen LogP contribution is 1.58. The van der Waals surface area contributed by atoms with Crippen molar-refractivity contribution in [1.29, 1.82) is 0 Å². The number of aliphatic hydroxyl groups is 1. The minimum absolute atomic E-state index is 0.111. The predicted octanol–water partition coefficient (Wildman–Crippen LogP) is -1.58. The second kappa shape index (κ2) is 8.57. The van der Waals surface area contributed by atoms with Gasteiger partial charge in [0.05, 0.1) is 7.11 Å². The number of aliphatic carboxylic acids is 1. The van der Waals surface area contributed by atoms with Crippen LogP contribution in [0.3, 0.4) is 0 Å². The van der Waals surface area contributed by atoms with Crippen molar-refractivity contribution >= 4 is 18.2 Å². The molecule has 0 fully saturated rings. The summed E-state index contributed by atoms with van der Waals surface area (Å²) in [6, 6.07) is 0. The van der Waals surface area contributed by atoms with Crippen molar-refractivity contribution < 1.29 is 29.3 Å². The molecule has 0 amide bonds. The van der Waals surface area contributed by atoms with Crippen LogP contribution in [-0.2, 0) is 19.1 Å². The molecule has 0 aromatic heterocycles. The number of carboxylic acids is 1. The van der Waals surface area contributed by atoms with Gasteiger partial charge in [-0.3, -0.25) is 4.79 Å². The number of methoxy groups -OCH3 is 1. The van der Waals surface area contributed by atoms with Gasteiger partial charge < -0.3 is 14.9 Å². The summed E-state index contributed by atoms with van der Waals surface area (Å²) in [4.78, 5) is 28.0. The van der Waals surface area contributed by atoms with Gasteiger partial charge in [0.1, 0.15) is 6.61 Å². The molecule has 0 aliphatic heterocycles. The van der Waals surface area contributed by atoms with E-state index in [2.05, 4.69) is 4.74 Å². The van der Waals surface area contributed by atoms with E-state index in [-0.39, 0.29) is 6.29 Å². The molecule has 0 rings (SSSR count). The summed E-state index contributed by atoms with van der Waals surface area (Å²) >= 11 is 0. The lowest BCUT2D eigenvalue weighted by Crippen LogP contribution is -1.98. The van der Waals surface area contributed by atoms with Gasteiger partial charge in [-0.05, 0) is 0 Å². The fourth-order valence-electron chi connectivity index (χ4n) is 0.0481. The van der Waals surface area contributed by atoms with Gasteiger partial charge in [-0.15, -0.1) is 0 Å². The highest BCUT2D eigenvalue weighted by atomic mass is 16.5. The van der Waals surface area contributed by atoms with Gasteiger partial charge in [0.2, 0.25) is 6.29 Å². The largest absolute Gasteiger partial charge is 0.480 e. The van der Waals surface area contributed by atoms with Crippen molar-refractivity contribution in [1.82, 2.24) is 0 Å². The Labute approximate surface area is 62.4 Å². The smallest absolute Gasteiger partial charge is 0.371 e. The fraction of sp³-hybridized carbons (Fsp3) is 0.400. The molecule has 2 N–H and O–H groups in total. The summed E-state index contributed by atoms with van der Waals surface area (Å²) in [6.45, 7) is -0.778. The number of hydrogen-bond donors (Lipinski definition) is 2. The van der Waals surface area contributed by atoms with Crippen LogP contribution in [0.15, 0.2) is 0 Å². The first-order chi connectivity index (χ1) is 5.08. The highest BCUT2D eigenvalue weighted by Gasteiger charge is 1.88. The van der Waals surface area contributed by atoms with Crippen LogP contribution < -0.4 is 0 Å². The highest BCUT2D eigenvalue weighted by molar-refractivity contribution is 6.20. The predicted molar refractivity (Wildman–Crippen MR) is 32.8 cm³/mol. The summed E-state index contributed by atoms with van der Waals surface area (Å²) in [5.41, 5.74) is 0. The van der Waals surface area contributed by atoms with E-state index in [0.717, 1.165) is 7.11 Å². The molecule has 0 heterocycles. The molecule has 11 heavy (non-hydrogen) atoms. The van der Waals surface area contributed by atoms with Crippen LogP contribution in [0, 0.1) is 0 Å². The van der Waals surface area contributed by atoms with Gasteiger partial charge in [0, 0.05) is 0 Å². The summed E-state index contributed by atoms with van der Waals surface area (Å²) < 4.78 is 3.89. The molecule has 0 aliphatic carbocycles. The van der Waals surface area contributed by atoms with E-state index in [0.29, 0.717) is 0 Å². The molecule has 0 aromatic carbocycles. The lowest BCUT2D eigenvalue weighted by molar-refractivity contribution is -0.146. The van der Waals surface area contributed by atoms with Gasteiger partial charge >= 0.3 is 11.9 Å².